The minimum Gasteiger partial charge on any atom is -0.497 e. The highest BCUT2D eigenvalue weighted by molar-refractivity contribution is 6.07. The Morgan fingerprint density at radius 2 is 1.75 bits per heavy atom. The highest BCUT2D eigenvalue weighted by Gasteiger charge is 2.17. The molecule has 3 aromatic rings. The lowest BCUT2D eigenvalue weighted by molar-refractivity contribution is 0.0946. The van der Waals surface area contributed by atoms with Crippen LogP contribution < -0.4 is 15.4 Å². The maximum absolute atomic E-state index is 12.6. The van der Waals surface area contributed by atoms with Crippen LogP contribution in [0, 0.1) is 6.92 Å². The van der Waals surface area contributed by atoms with Crippen molar-refractivity contribution in [3.05, 3.63) is 83.3 Å². The van der Waals surface area contributed by atoms with E-state index in [1.54, 1.807) is 19.2 Å². The van der Waals surface area contributed by atoms with Crippen molar-refractivity contribution < 1.29 is 14.3 Å². The van der Waals surface area contributed by atoms with E-state index in [0.29, 0.717) is 11.3 Å². The largest absolute Gasteiger partial charge is 0.497 e. The molecule has 0 aliphatic rings. The van der Waals surface area contributed by atoms with E-state index in [2.05, 4.69) is 20.6 Å². The number of benzene rings is 2. The third kappa shape index (κ3) is 4.70. The molecule has 0 aliphatic carbocycles. The number of carbonyl (C=O) groups is 2. The molecule has 0 bridgehead atoms. The van der Waals surface area contributed by atoms with Crippen LogP contribution in [0.4, 0.5) is 5.82 Å². The van der Waals surface area contributed by atoms with Crippen molar-refractivity contribution in [2.75, 3.05) is 12.4 Å². The Labute approximate surface area is 162 Å². The van der Waals surface area contributed by atoms with Crippen LogP contribution in [0.2, 0.25) is 0 Å². The van der Waals surface area contributed by atoms with E-state index < -0.39 is 5.91 Å². The van der Waals surface area contributed by atoms with Crippen LogP contribution >= 0.6 is 0 Å². The lowest BCUT2D eigenvalue weighted by atomic mass is 10.1. The summed E-state index contributed by atoms with van der Waals surface area (Å²) >= 11 is 0. The summed E-state index contributed by atoms with van der Waals surface area (Å²) in [5.74, 6) is 0.0194. The number of anilines is 1. The van der Waals surface area contributed by atoms with Crippen molar-refractivity contribution in [1.29, 1.82) is 0 Å². The van der Waals surface area contributed by atoms with Crippen LogP contribution in [0.5, 0.6) is 5.75 Å². The van der Waals surface area contributed by atoms with E-state index in [1.165, 1.54) is 12.4 Å². The minimum atomic E-state index is -0.435. The first kappa shape index (κ1) is 19.0. The standard InChI is InChI=1S/C21H20N4O3/c1-14-6-8-16(9-7-14)20(26)25-19-18(22-10-11-23-19)21(27)24-13-15-4-3-5-17(12-15)28-2/h3-12H,13H2,1-2H3,(H,24,27)(H,23,25,26). The third-order valence-electron chi connectivity index (χ3n) is 4.05. The van der Waals surface area contributed by atoms with Crippen molar-refractivity contribution in [2.45, 2.75) is 13.5 Å². The summed E-state index contributed by atoms with van der Waals surface area (Å²) in [6.45, 7) is 2.23. The Bertz CT molecular complexity index is 987. The van der Waals surface area contributed by atoms with Gasteiger partial charge >= 0.3 is 0 Å². The van der Waals surface area contributed by atoms with Gasteiger partial charge in [0.25, 0.3) is 11.8 Å². The fourth-order valence-electron chi connectivity index (χ4n) is 2.53. The first-order chi connectivity index (χ1) is 13.6. The molecule has 3 rings (SSSR count). The first-order valence-electron chi connectivity index (χ1n) is 8.67. The number of carbonyl (C=O) groups excluding carboxylic acids is 2. The fourth-order valence-corrected chi connectivity index (χ4v) is 2.53. The van der Waals surface area contributed by atoms with Crippen molar-refractivity contribution in [3.8, 4) is 5.75 Å². The number of hydrogen-bond donors (Lipinski definition) is 2. The predicted molar refractivity (Wildman–Crippen MR) is 105 cm³/mol. The van der Waals surface area contributed by atoms with Gasteiger partial charge in [-0.05, 0) is 36.8 Å². The van der Waals surface area contributed by atoms with Gasteiger partial charge in [0.05, 0.1) is 7.11 Å². The molecule has 7 nitrogen and oxygen atoms in total. The van der Waals surface area contributed by atoms with Crippen LogP contribution in [-0.2, 0) is 6.54 Å². The molecule has 0 fully saturated rings. The van der Waals surface area contributed by atoms with Crippen LogP contribution in [0.1, 0.15) is 32.0 Å². The van der Waals surface area contributed by atoms with E-state index >= 15 is 0 Å². The summed E-state index contributed by atoms with van der Waals surface area (Å²) in [5.41, 5.74) is 2.44. The van der Waals surface area contributed by atoms with E-state index in [-0.39, 0.29) is 24.0 Å². The Morgan fingerprint density at radius 1 is 1.00 bits per heavy atom. The number of nitrogens with one attached hydrogen (secondary N) is 2. The SMILES string of the molecule is COc1cccc(CNC(=O)c2nccnc2NC(=O)c2ccc(C)cc2)c1. The molecule has 2 aromatic carbocycles. The number of amides is 2. The second kappa shape index (κ2) is 8.77. The van der Waals surface area contributed by atoms with Gasteiger partial charge in [0.1, 0.15) is 5.75 Å². The summed E-state index contributed by atoms with van der Waals surface area (Å²) in [5, 5.41) is 5.43. The lowest BCUT2D eigenvalue weighted by Crippen LogP contribution is -2.26. The second-order valence-electron chi connectivity index (χ2n) is 6.11. The van der Waals surface area contributed by atoms with Gasteiger partial charge in [0, 0.05) is 24.5 Å². The first-order valence-corrected chi connectivity index (χ1v) is 8.67. The Hall–Kier alpha value is -3.74. The van der Waals surface area contributed by atoms with Crippen molar-refractivity contribution >= 4 is 17.6 Å². The molecule has 0 aliphatic heterocycles. The molecule has 0 saturated heterocycles. The number of aromatic nitrogens is 2. The monoisotopic (exact) mass is 376 g/mol. The molecule has 2 N–H and O–H groups in total. The van der Waals surface area contributed by atoms with Gasteiger partial charge in [-0.1, -0.05) is 29.8 Å². The van der Waals surface area contributed by atoms with Crippen molar-refractivity contribution in [3.63, 3.8) is 0 Å². The van der Waals surface area contributed by atoms with Crippen LogP contribution in [0.3, 0.4) is 0 Å². The van der Waals surface area contributed by atoms with Gasteiger partial charge in [-0.3, -0.25) is 9.59 Å². The lowest BCUT2D eigenvalue weighted by Gasteiger charge is -2.10. The maximum atomic E-state index is 12.6. The number of hydrogen-bond acceptors (Lipinski definition) is 5. The molecule has 2 amide bonds. The molecular weight excluding hydrogens is 356 g/mol. The number of ether oxygens (including phenoxy) is 1. The second-order valence-corrected chi connectivity index (χ2v) is 6.11. The van der Waals surface area contributed by atoms with Crippen molar-refractivity contribution in [1.82, 2.24) is 15.3 Å². The predicted octanol–water partition coefficient (Wildman–Crippen LogP) is 2.98. The summed E-state index contributed by atoms with van der Waals surface area (Å²) in [6, 6.07) is 14.5. The van der Waals surface area contributed by atoms with Gasteiger partial charge in [-0.2, -0.15) is 0 Å². The highest BCUT2D eigenvalue weighted by atomic mass is 16.5. The Morgan fingerprint density at radius 3 is 2.50 bits per heavy atom. The molecule has 0 spiro atoms. The van der Waals surface area contributed by atoms with Gasteiger partial charge in [-0.15, -0.1) is 0 Å². The molecule has 7 heteroatoms. The fraction of sp³-hybridized carbons (Fsp3) is 0.143. The number of rotatable bonds is 6. The normalized spacial score (nSPS) is 10.2. The number of aryl methyl sites for hydroxylation is 1. The van der Waals surface area contributed by atoms with E-state index in [0.717, 1.165) is 11.1 Å². The van der Waals surface area contributed by atoms with Crippen LogP contribution in [0.25, 0.3) is 0 Å². The topological polar surface area (TPSA) is 93.2 Å². The van der Waals surface area contributed by atoms with Crippen LogP contribution in [0.15, 0.2) is 60.9 Å². The highest BCUT2D eigenvalue weighted by Crippen LogP contribution is 2.14. The quantitative estimate of drug-likeness (QED) is 0.690. The molecular formula is C21H20N4O3. The van der Waals surface area contributed by atoms with Gasteiger partial charge in [0.2, 0.25) is 0 Å². The van der Waals surface area contributed by atoms with E-state index in [4.69, 9.17) is 4.74 Å². The molecule has 28 heavy (non-hydrogen) atoms. The minimum absolute atomic E-state index is 0.0471. The van der Waals surface area contributed by atoms with Crippen LogP contribution in [-0.4, -0.2) is 28.9 Å². The summed E-state index contributed by atoms with van der Waals surface area (Å²) in [7, 11) is 1.58. The number of methoxy groups -OCH3 is 1. The zero-order valence-corrected chi connectivity index (χ0v) is 15.6. The Balaban J connectivity index is 1.71. The average Bonchev–Trinajstić information content (AvgIpc) is 2.73. The molecule has 0 atom stereocenters. The molecule has 0 saturated carbocycles. The van der Waals surface area contributed by atoms with E-state index in [9.17, 15) is 9.59 Å². The zero-order valence-electron chi connectivity index (χ0n) is 15.6. The van der Waals surface area contributed by atoms with Gasteiger partial charge < -0.3 is 15.4 Å². The van der Waals surface area contributed by atoms with Gasteiger partial charge in [-0.25, -0.2) is 9.97 Å². The third-order valence-corrected chi connectivity index (χ3v) is 4.05. The van der Waals surface area contributed by atoms with Crippen molar-refractivity contribution in [2.24, 2.45) is 0 Å². The Kier molecular flexibility index (Phi) is 5.96. The smallest absolute Gasteiger partial charge is 0.274 e. The average molecular weight is 376 g/mol. The molecule has 0 unspecified atom stereocenters. The number of nitrogens with zero attached hydrogens (tertiary/aromatic N) is 2. The van der Waals surface area contributed by atoms with E-state index in [1.807, 2.05) is 43.3 Å². The summed E-state index contributed by atoms with van der Waals surface area (Å²) in [4.78, 5) is 33.1. The molecule has 142 valence electrons. The van der Waals surface area contributed by atoms with Gasteiger partial charge in [0.15, 0.2) is 11.5 Å². The summed E-state index contributed by atoms with van der Waals surface area (Å²) in [6.07, 6.45) is 2.82. The molecule has 0 radical (unpaired) electrons. The maximum Gasteiger partial charge on any atom is 0.274 e. The molecule has 1 aromatic heterocycles. The zero-order chi connectivity index (χ0) is 19.9. The summed E-state index contributed by atoms with van der Waals surface area (Å²) < 4.78 is 5.18. The molecule has 1 heterocycles.